The normalized spacial score (nSPS) is 11.1. The molecule has 2 aromatic carbocycles. The van der Waals surface area contributed by atoms with Gasteiger partial charge in [0, 0.05) is 31.7 Å². The summed E-state index contributed by atoms with van der Waals surface area (Å²) in [6.07, 6.45) is 1.73. The van der Waals surface area contributed by atoms with E-state index in [4.69, 9.17) is 16.3 Å². The first-order chi connectivity index (χ1) is 17.4. The van der Waals surface area contributed by atoms with Crippen molar-refractivity contribution < 1.29 is 13.9 Å². The monoisotopic (exact) mass is 482 g/mol. The second-order valence-corrected chi connectivity index (χ2v) is 8.34. The van der Waals surface area contributed by atoms with Crippen molar-refractivity contribution >= 4 is 39.5 Å². The van der Waals surface area contributed by atoms with Gasteiger partial charge in [0.15, 0.2) is 11.5 Å². The van der Waals surface area contributed by atoms with Crippen LogP contribution in [0.3, 0.4) is 0 Å². The van der Waals surface area contributed by atoms with Crippen molar-refractivity contribution in [2.45, 2.75) is 13.5 Å². The molecule has 3 aromatic heterocycles. The fraction of sp³-hybridized carbons (Fsp3) is 0.185. The summed E-state index contributed by atoms with van der Waals surface area (Å²) in [5, 5.41) is 3.98. The minimum Gasteiger partial charge on any atom is -0.462 e. The number of halogens is 1. The van der Waals surface area contributed by atoms with Crippen LogP contribution in [0.2, 0.25) is 0 Å². The van der Waals surface area contributed by atoms with Crippen molar-refractivity contribution in [3.8, 4) is 11.3 Å². The largest absolute Gasteiger partial charge is 0.462 e. The Bertz CT molecular complexity index is 1660. The summed E-state index contributed by atoms with van der Waals surface area (Å²) < 4.78 is 23.4. The van der Waals surface area contributed by atoms with Crippen LogP contribution in [0.4, 0.5) is 15.9 Å². The van der Waals surface area contributed by atoms with Gasteiger partial charge in [0.05, 0.1) is 30.6 Å². The zero-order valence-electron chi connectivity index (χ0n) is 20.0. The number of pyridine rings is 1. The number of fused-ring (bicyclic) bond motifs is 3. The Labute approximate surface area is 206 Å². The molecule has 0 fully saturated rings. The maximum absolute atomic E-state index is 14.4. The molecule has 0 aliphatic rings. The third-order valence-electron chi connectivity index (χ3n) is 6.05. The lowest BCUT2D eigenvalue weighted by Crippen LogP contribution is -2.07. The molecule has 0 aliphatic carbocycles. The highest BCUT2D eigenvalue weighted by Gasteiger charge is 2.20. The Morgan fingerprint density at radius 3 is 2.67 bits per heavy atom. The number of ether oxygens (including phenoxy) is 1. The van der Waals surface area contributed by atoms with Crippen molar-refractivity contribution in [2.24, 2.45) is 7.05 Å². The molecule has 0 atom stereocenters. The Balaban J connectivity index is 1.73. The molecule has 5 rings (SSSR count). The van der Waals surface area contributed by atoms with Crippen molar-refractivity contribution in [2.75, 3.05) is 19.0 Å². The van der Waals surface area contributed by atoms with Crippen LogP contribution in [0, 0.1) is 12.4 Å². The predicted octanol–water partition coefficient (Wildman–Crippen LogP) is 5.55. The van der Waals surface area contributed by atoms with Crippen LogP contribution >= 0.6 is 0 Å². The Hall–Kier alpha value is -4.71. The van der Waals surface area contributed by atoms with E-state index in [1.807, 2.05) is 34.4 Å². The number of rotatable bonds is 6. The van der Waals surface area contributed by atoms with Crippen LogP contribution in [0.5, 0.6) is 0 Å². The number of anilines is 1. The summed E-state index contributed by atoms with van der Waals surface area (Å²) in [5.41, 5.74) is 5.21. The van der Waals surface area contributed by atoms with Crippen LogP contribution in [0.25, 0.3) is 38.2 Å². The molecule has 0 spiro atoms. The average molecular weight is 483 g/mol. The average Bonchev–Trinajstić information content (AvgIpc) is 3.44. The van der Waals surface area contributed by atoms with Gasteiger partial charge in [-0.2, -0.15) is 0 Å². The molecule has 0 aliphatic heterocycles. The number of nitrogens with one attached hydrogen (secondary N) is 1. The number of carbonyl (C=O) groups is 1. The fourth-order valence-electron chi connectivity index (χ4n) is 4.42. The maximum atomic E-state index is 14.4. The molecule has 0 unspecified atom stereocenters. The summed E-state index contributed by atoms with van der Waals surface area (Å²) in [4.78, 5) is 24.9. The lowest BCUT2D eigenvalue weighted by molar-refractivity contribution is 0.0526. The maximum Gasteiger partial charge on any atom is 0.338 e. The number of carbonyl (C=O) groups excluding carboxylic acids is 1. The molecule has 1 N–H and O–H groups in total. The minimum atomic E-state index is -0.483. The molecule has 36 heavy (non-hydrogen) atoms. The highest BCUT2D eigenvalue weighted by atomic mass is 19.1. The molecular formula is C27H23FN6O2. The highest BCUT2D eigenvalue weighted by Crippen LogP contribution is 2.36. The molecule has 0 bridgehead atoms. The summed E-state index contributed by atoms with van der Waals surface area (Å²) in [7, 11) is 3.71. The molecule has 5 aromatic rings. The van der Waals surface area contributed by atoms with Gasteiger partial charge in [0.25, 0.3) is 0 Å². The molecular weight excluding hydrogens is 459 g/mol. The number of nitrogens with zero attached hydrogens (tertiary/aromatic N) is 5. The van der Waals surface area contributed by atoms with E-state index in [0.29, 0.717) is 41.4 Å². The number of esters is 1. The van der Waals surface area contributed by atoms with E-state index >= 15 is 0 Å². The van der Waals surface area contributed by atoms with Crippen LogP contribution in [0.15, 0.2) is 54.9 Å². The molecule has 0 saturated heterocycles. The van der Waals surface area contributed by atoms with Crippen molar-refractivity contribution in [1.29, 1.82) is 0 Å². The molecule has 0 saturated carbocycles. The van der Waals surface area contributed by atoms with Crippen LogP contribution in [-0.2, 0) is 18.3 Å². The SMILES string of the molecule is [C-]#[N+]c1cc(F)cc(-c2cc3c4c(ncn4C)c(NC)nc3n2Cc2ccc(C(=O)OCC)cc2)c1. The summed E-state index contributed by atoms with van der Waals surface area (Å²) >= 11 is 0. The molecule has 0 amide bonds. The van der Waals surface area contributed by atoms with Gasteiger partial charge in [0.2, 0.25) is 0 Å². The number of aryl methyl sites for hydroxylation is 1. The van der Waals surface area contributed by atoms with Gasteiger partial charge in [-0.15, -0.1) is 0 Å². The second kappa shape index (κ2) is 9.15. The van der Waals surface area contributed by atoms with E-state index < -0.39 is 5.82 Å². The molecule has 9 heteroatoms. The fourth-order valence-corrected chi connectivity index (χ4v) is 4.42. The molecule has 180 valence electrons. The molecule has 0 radical (unpaired) electrons. The van der Waals surface area contributed by atoms with Gasteiger partial charge in [-0.25, -0.2) is 24.0 Å². The third-order valence-corrected chi connectivity index (χ3v) is 6.05. The van der Waals surface area contributed by atoms with E-state index in [9.17, 15) is 9.18 Å². The van der Waals surface area contributed by atoms with Gasteiger partial charge >= 0.3 is 5.97 Å². The lowest BCUT2D eigenvalue weighted by Gasteiger charge is -2.13. The van der Waals surface area contributed by atoms with Gasteiger partial charge in [0.1, 0.15) is 17.0 Å². The van der Waals surface area contributed by atoms with Gasteiger partial charge < -0.3 is 19.2 Å². The van der Waals surface area contributed by atoms with E-state index in [-0.39, 0.29) is 11.7 Å². The van der Waals surface area contributed by atoms with Crippen LogP contribution < -0.4 is 5.32 Å². The summed E-state index contributed by atoms with van der Waals surface area (Å²) in [6.45, 7) is 9.86. The van der Waals surface area contributed by atoms with Gasteiger partial charge in [-0.05, 0) is 54.4 Å². The van der Waals surface area contributed by atoms with E-state index in [2.05, 4.69) is 15.1 Å². The first-order valence-corrected chi connectivity index (χ1v) is 11.4. The third kappa shape index (κ3) is 3.92. The number of imidazole rings is 1. The zero-order valence-corrected chi connectivity index (χ0v) is 20.0. The zero-order chi connectivity index (χ0) is 25.4. The number of benzene rings is 2. The van der Waals surface area contributed by atoms with E-state index in [1.54, 1.807) is 38.5 Å². The number of hydrogen-bond donors (Lipinski definition) is 1. The lowest BCUT2D eigenvalue weighted by atomic mass is 10.1. The Morgan fingerprint density at radius 1 is 1.19 bits per heavy atom. The summed E-state index contributed by atoms with van der Waals surface area (Å²) in [5.74, 6) is -0.229. The smallest absolute Gasteiger partial charge is 0.338 e. The minimum absolute atomic E-state index is 0.218. The molecule has 3 heterocycles. The first kappa shape index (κ1) is 23.1. The first-order valence-electron chi connectivity index (χ1n) is 11.4. The topological polar surface area (TPSA) is 78.3 Å². The van der Waals surface area contributed by atoms with Gasteiger partial charge in [-0.1, -0.05) is 12.1 Å². The van der Waals surface area contributed by atoms with Gasteiger partial charge in [-0.3, -0.25) is 0 Å². The standard InChI is InChI=1S/C27H23FN6O2/c1-5-36-27(35)17-8-6-16(7-9-17)14-34-22(18-10-19(28)12-20(11-18)29-2)13-21-24-23(31-15-33(24)4)25(30-3)32-26(21)34/h6-13,15H,5,14H2,1,3-4H3,(H,30,32). The van der Waals surface area contributed by atoms with E-state index in [1.165, 1.54) is 12.1 Å². The molecule has 8 nitrogen and oxygen atoms in total. The van der Waals surface area contributed by atoms with Crippen LogP contribution in [-0.4, -0.2) is 38.7 Å². The number of hydrogen-bond acceptors (Lipinski definition) is 5. The van der Waals surface area contributed by atoms with E-state index in [0.717, 1.165) is 22.0 Å². The quantitative estimate of drug-likeness (QED) is 0.254. The summed E-state index contributed by atoms with van der Waals surface area (Å²) in [6, 6.07) is 13.4. The van der Waals surface area contributed by atoms with Crippen LogP contribution in [0.1, 0.15) is 22.8 Å². The Morgan fingerprint density at radius 2 is 1.97 bits per heavy atom. The Kier molecular flexibility index (Phi) is 5.86. The predicted molar refractivity (Wildman–Crippen MR) is 137 cm³/mol. The van der Waals surface area contributed by atoms with Crippen molar-refractivity contribution in [3.63, 3.8) is 0 Å². The number of aromatic nitrogens is 4. The van der Waals surface area contributed by atoms with Crippen molar-refractivity contribution in [1.82, 2.24) is 19.1 Å². The second-order valence-electron chi connectivity index (χ2n) is 8.34. The highest BCUT2D eigenvalue weighted by molar-refractivity contribution is 6.08. The van der Waals surface area contributed by atoms with Crippen molar-refractivity contribution in [3.05, 3.63) is 83.2 Å².